The number of rotatable bonds is 23. The van der Waals surface area contributed by atoms with Crippen LogP contribution in [0.1, 0.15) is 232 Å². The van der Waals surface area contributed by atoms with E-state index < -0.39 is 0 Å². The van der Waals surface area contributed by atoms with Gasteiger partial charge in [0.1, 0.15) is 0 Å². The number of nitriles is 2. The van der Waals surface area contributed by atoms with Gasteiger partial charge in [-0.3, -0.25) is 9.59 Å². The van der Waals surface area contributed by atoms with Crippen LogP contribution in [0.2, 0.25) is 0 Å². The normalized spacial score (nSPS) is 20.5. The number of nitrogens with zero attached hydrogens (tertiary/aromatic N) is 2. The molecule has 2 fully saturated rings. The fourth-order valence-electron chi connectivity index (χ4n) is 10.7. The molecule has 4 aromatic carbocycles. The van der Waals surface area contributed by atoms with Gasteiger partial charge in [0, 0.05) is 24.0 Å². The lowest BCUT2D eigenvalue weighted by molar-refractivity contribution is 0.0972. The van der Waals surface area contributed by atoms with Crippen molar-refractivity contribution in [2.75, 3.05) is 0 Å². The zero-order valence-corrected chi connectivity index (χ0v) is 40.8. The summed E-state index contributed by atoms with van der Waals surface area (Å²) in [5, 5.41) is 19.9. The maximum absolute atomic E-state index is 12.4. The molecule has 0 saturated heterocycles. The van der Waals surface area contributed by atoms with E-state index in [1.807, 2.05) is 31.2 Å². The highest BCUT2D eigenvalue weighted by molar-refractivity contribution is 5.97. The number of hydrogen-bond acceptors (Lipinski definition) is 4. The summed E-state index contributed by atoms with van der Waals surface area (Å²) in [7, 11) is 0. The highest BCUT2D eigenvalue weighted by atomic mass is 16.1. The van der Waals surface area contributed by atoms with E-state index in [4.69, 9.17) is 0 Å². The second-order valence-corrected chi connectivity index (χ2v) is 19.7. The van der Waals surface area contributed by atoms with E-state index >= 15 is 0 Å². The maximum Gasteiger partial charge on any atom is 0.162 e. The van der Waals surface area contributed by atoms with Gasteiger partial charge in [0.05, 0.1) is 23.0 Å². The topological polar surface area (TPSA) is 81.7 Å². The molecule has 0 aliphatic heterocycles. The molecule has 65 heavy (non-hydrogen) atoms. The Morgan fingerprint density at radius 3 is 1.20 bits per heavy atom. The molecule has 2 aliphatic carbocycles. The predicted molar refractivity (Wildman–Crippen MR) is 272 cm³/mol. The van der Waals surface area contributed by atoms with Crippen LogP contribution in [0.5, 0.6) is 0 Å². The summed E-state index contributed by atoms with van der Waals surface area (Å²) in [4.78, 5) is 24.6. The van der Waals surface area contributed by atoms with Gasteiger partial charge in [0.25, 0.3) is 0 Å². The van der Waals surface area contributed by atoms with Gasteiger partial charge >= 0.3 is 0 Å². The molecule has 0 unspecified atom stereocenters. The molecule has 0 aromatic heterocycles. The third kappa shape index (κ3) is 14.9. The molecule has 346 valence electrons. The van der Waals surface area contributed by atoms with Crippen molar-refractivity contribution in [1.29, 1.82) is 10.5 Å². The summed E-state index contributed by atoms with van der Waals surface area (Å²) < 4.78 is 0. The van der Waals surface area contributed by atoms with Crippen molar-refractivity contribution in [2.24, 2.45) is 10.8 Å². The Labute approximate surface area is 394 Å². The molecular weight excluding hydrogens is 793 g/mol. The molecule has 0 bridgehead atoms. The van der Waals surface area contributed by atoms with Gasteiger partial charge in [-0.1, -0.05) is 195 Å². The molecule has 4 heteroatoms. The van der Waals surface area contributed by atoms with Gasteiger partial charge in [-0.25, -0.2) is 0 Å². The average Bonchev–Trinajstić information content (AvgIpc) is 3.36. The van der Waals surface area contributed by atoms with Crippen LogP contribution >= 0.6 is 0 Å². The van der Waals surface area contributed by atoms with Crippen LogP contribution < -0.4 is 0 Å². The van der Waals surface area contributed by atoms with E-state index in [-0.39, 0.29) is 22.4 Å². The van der Waals surface area contributed by atoms with Crippen molar-refractivity contribution in [3.05, 3.63) is 119 Å². The first kappa shape index (κ1) is 51.2. The van der Waals surface area contributed by atoms with Crippen LogP contribution in [0.3, 0.4) is 0 Å². The summed E-state index contributed by atoms with van der Waals surface area (Å²) >= 11 is 0. The van der Waals surface area contributed by atoms with Gasteiger partial charge in [-0.05, 0) is 122 Å². The zero-order valence-electron chi connectivity index (χ0n) is 40.8. The molecule has 2 saturated carbocycles. The molecular formula is C61H80N2O2. The van der Waals surface area contributed by atoms with Crippen LogP contribution in [0.4, 0.5) is 0 Å². The minimum absolute atomic E-state index is 0.112. The van der Waals surface area contributed by atoms with Crippen molar-refractivity contribution in [3.8, 4) is 34.4 Å². The lowest BCUT2D eigenvalue weighted by atomic mass is 9.67. The standard InChI is InChI=1S/C31H41NO.C30H39NO/c1-3-5-7-8-11-21-31(24-32)22-19-26(20-23-31)29-13-10-9-12-28(29)25-15-17-27(18-16-25)30(33)14-6-4-2;1-3-5-6-7-10-20-30(23-31)21-18-25(19-22-30)28-13-9-8-12-27(28)24-14-16-26(17-15-24)29(32)11-4-2/h9-10,12-13,15-18,26H,3-8,11,14,19-23H2,1-2H3;8-9,12-17,25H,3-7,10-11,18-22H2,1-2H3. The van der Waals surface area contributed by atoms with Crippen molar-refractivity contribution >= 4 is 11.6 Å². The summed E-state index contributed by atoms with van der Waals surface area (Å²) in [6.45, 7) is 8.65. The van der Waals surface area contributed by atoms with Crippen molar-refractivity contribution in [1.82, 2.24) is 0 Å². The van der Waals surface area contributed by atoms with E-state index in [9.17, 15) is 20.1 Å². The number of hydrogen-bond donors (Lipinski definition) is 0. The van der Waals surface area contributed by atoms with E-state index in [1.165, 1.54) is 97.6 Å². The summed E-state index contributed by atoms with van der Waals surface area (Å²) in [5.41, 5.74) is 9.12. The number of benzene rings is 4. The van der Waals surface area contributed by atoms with Crippen molar-refractivity contribution < 1.29 is 9.59 Å². The highest BCUT2D eigenvalue weighted by Gasteiger charge is 2.37. The first-order valence-corrected chi connectivity index (χ1v) is 26.0. The third-order valence-electron chi connectivity index (χ3n) is 14.9. The first-order chi connectivity index (χ1) is 31.7. The molecule has 6 rings (SSSR count). The van der Waals surface area contributed by atoms with Crippen LogP contribution in [0.15, 0.2) is 97.1 Å². The molecule has 4 nitrogen and oxygen atoms in total. The summed E-state index contributed by atoms with van der Waals surface area (Å²) in [5.74, 6) is 1.48. The van der Waals surface area contributed by atoms with Gasteiger partial charge in [0.15, 0.2) is 11.6 Å². The first-order valence-electron chi connectivity index (χ1n) is 26.0. The van der Waals surface area contributed by atoms with Crippen LogP contribution in [0, 0.1) is 33.5 Å². The van der Waals surface area contributed by atoms with E-state index in [0.29, 0.717) is 24.7 Å². The summed E-state index contributed by atoms with van der Waals surface area (Å²) in [6, 6.07) is 39.2. The minimum Gasteiger partial charge on any atom is -0.294 e. The van der Waals surface area contributed by atoms with E-state index in [1.54, 1.807) is 0 Å². The molecule has 2 aliphatic rings. The number of ketones is 2. The fourth-order valence-corrected chi connectivity index (χ4v) is 10.7. The zero-order chi connectivity index (χ0) is 46.3. The second-order valence-electron chi connectivity index (χ2n) is 19.7. The Hall–Kier alpha value is -4.80. The Morgan fingerprint density at radius 1 is 0.462 bits per heavy atom. The van der Waals surface area contributed by atoms with Crippen LogP contribution in [-0.2, 0) is 0 Å². The van der Waals surface area contributed by atoms with E-state index in [2.05, 4.69) is 106 Å². The Bertz CT molecular complexity index is 2120. The Kier molecular flexibility index (Phi) is 21.3. The Morgan fingerprint density at radius 2 is 0.831 bits per heavy atom. The van der Waals surface area contributed by atoms with Gasteiger partial charge in [-0.15, -0.1) is 0 Å². The number of carbonyl (C=O) groups excluding carboxylic acids is 2. The average molecular weight is 873 g/mol. The molecule has 4 aromatic rings. The number of carbonyl (C=O) groups is 2. The molecule has 0 radical (unpaired) electrons. The van der Waals surface area contributed by atoms with Crippen LogP contribution in [0.25, 0.3) is 22.3 Å². The highest BCUT2D eigenvalue weighted by Crippen LogP contribution is 2.49. The molecule has 0 atom stereocenters. The molecule has 0 N–H and O–H groups in total. The molecule has 0 spiro atoms. The lowest BCUT2D eigenvalue weighted by Crippen LogP contribution is -2.25. The Balaban J connectivity index is 0.000000244. The summed E-state index contributed by atoms with van der Waals surface area (Å²) in [6.07, 6.45) is 27.3. The SMILES string of the molecule is CCCCCCCC1(C#N)CCC(c2ccccc2-c2ccc(C(=O)CCC)cc2)CC1.CCCCCCCC1(C#N)CCC(c2ccccc2-c2ccc(C(=O)CCCC)cc2)CC1. The number of Topliss-reactive ketones (excluding diaryl/α,β-unsaturated/α-hetero) is 2. The molecule has 0 heterocycles. The quantitative estimate of drug-likeness (QED) is 0.0549. The maximum atomic E-state index is 12.4. The molecule has 0 amide bonds. The third-order valence-corrected chi connectivity index (χ3v) is 14.9. The van der Waals surface area contributed by atoms with Gasteiger partial charge in [0.2, 0.25) is 0 Å². The lowest BCUT2D eigenvalue weighted by Gasteiger charge is -2.36. The van der Waals surface area contributed by atoms with E-state index in [0.717, 1.165) is 94.6 Å². The van der Waals surface area contributed by atoms with Crippen molar-refractivity contribution in [3.63, 3.8) is 0 Å². The fraction of sp³-hybridized carbons (Fsp3) is 0.541. The van der Waals surface area contributed by atoms with Crippen molar-refractivity contribution in [2.45, 2.75) is 200 Å². The smallest absolute Gasteiger partial charge is 0.162 e. The minimum atomic E-state index is -0.113. The largest absolute Gasteiger partial charge is 0.294 e. The second kappa shape index (κ2) is 27.0. The monoisotopic (exact) mass is 873 g/mol. The van der Waals surface area contributed by atoms with Gasteiger partial charge in [-0.2, -0.15) is 10.5 Å². The van der Waals surface area contributed by atoms with Crippen LogP contribution in [-0.4, -0.2) is 11.6 Å². The van der Waals surface area contributed by atoms with Gasteiger partial charge < -0.3 is 0 Å². The predicted octanol–water partition coefficient (Wildman–Crippen LogP) is 18.1. The number of unbranched alkanes of at least 4 members (excludes halogenated alkanes) is 9.